The number of benzene rings is 1. The van der Waals surface area contributed by atoms with Gasteiger partial charge in [-0.3, -0.25) is 0 Å². The molecular weight excluding hydrogens is 230 g/mol. The van der Waals surface area contributed by atoms with Gasteiger partial charge < -0.3 is 9.84 Å². The van der Waals surface area contributed by atoms with Crippen molar-refractivity contribution >= 4 is 0 Å². The summed E-state index contributed by atoms with van der Waals surface area (Å²) in [4.78, 5) is 2.69. The Balaban J connectivity index is 2.78. The van der Waals surface area contributed by atoms with Crippen molar-refractivity contribution in [3.63, 3.8) is 0 Å². The van der Waals surface area contributed by atoms with Gasteiger partial charge in [0.1, 0.15) is 5.75 Å². The summed E-state index contributed by atoms with van der Waals surface area (Å²) in [5.74, 6) is 0.801. The topological polar surface area (TPSA) is 78.2 Å². The lowest BCUT2D eigenvalue weighted by Crippen LogP contribution is -2.04. The molecule has 18 heavy (non-hydrogen) atoms. The van der Waals surface area contributed by atoms with Gasteiger partial charge in [0.05, 0.1) is 13.2 Å². The number of nitrogens with zero attached hydrogens (tertiary/aromatic N) is 3. The summed E-state index contributed by atoms with van der Waals surface area (Å²) in [5.41, 5.74) is 11.2. The Hall–Kier alpha value is -1.71. The van der Waals surface area contributed by atoms with E-state index in [1.807, 2.05) is 26.0 Å². The maximum atomic E-state index is 10.2. The normalized spacial score (nSPS) is 11.8. The molecule has 0 fully saturated rings. The summed E-state index contributed by atoms with van der Waals surface area (Å²) in [6.45, 7) is 4.34. The number of methoxy groups -OCH3 is 1. The fourth-order valence-corrected chi connectivity index (χ4v) is 2.12. The highest BCUT2D eigenvalue weighted by atomic mass is 16.5. The SMILES string of the molecule is COc1cc(C)c(C(O)CCCN=[N+]=[N-])c(C)c1. The van der Waals surface area contributed by atoms with Crippen molar-refractivity contribution in [3.8, 4) is 5.75 Å². The van der Waals surface area contributed by atoms with Crippen LogP contribution in [0.1, 0.15) is 35.6 Å². The van der Waals surface area contributed by atoms with Crippen LogP contribution in [0.25, 0.3) is 10.4 Å². The number of aliphatic hydroxyl groups is 1. The van der Waals surface area contributed by atoms with E-state index >= 15 is 0 Å². The zero-order valence-electron chi connectivity index (χ0n) is 11.1. The zero-order valence-corrected chi connectivity index (χ0v) is 11.1. The smallest absolute Gasteiger partial charge is 0.119 e. The van der Waals surface area contributed by atoms with E-state index in [0.717, 1.165) is 22.4 Å². The standard InChI is InChI=1S/C13H19N3O2/c1-9-7-11(18-3)8-10(2)13(9)12(17)5-4-6-15-16-14/h7-8,12,17H,4-6H2,1-3H3. The summed E-state index contributed by atoms with van der Waals surface area (Å²) in [6.07, 6.45) is 0.744. The van der Waals surface area contributed by atoms with E-state index in [9.17, 15) is 5.11 Å². The average Bonchev–Trinajstić information content (AvgIpc) is 2.33. The molecular formula is C13H19N3O2. The molecule has 0 saturated carbocycles. The molecule has 1 aromatic rings. The molecule has 0 radical (unpaired) electrons. The summed E-state index contributed by atoms with van der Waals surface area (Å²) in [5, 5.41) is 13.6. The molecule has 1 atom stereocenters. The van der Waals surface area contributed by atoms with E-state index < -0.39 is 6.10 Å². The van der Waals surface area contributed by atoms with Crippen molar-refractivity contribution in [2.75, 3.05) is 13.7 Å². The molecule has 0 aliphatic rings. The van der Waals surface area contributed by atoms with Crippen LogP contribution in [0.2, 0.25) is 0 Å². The Morgan fingerprint density at radius 3 is 2.50 bits per heavy atom. The highest BCUT2D eigenvalue weighted by Gasteiger charge is 2.14. The van der Waals surface area contributed by atoms with Crippen LogP contribution in [-0.2, 0) is 0 Å². The van der Waals surface area contributed by atoms with E-state index in [1.165, 1.54) is 0 Å². The Morgan fingerprint density at radius 2 is 2.00 bits per heavy atom. The first-order valence-electron chi connectivity index (χ1n) is 5.94. The molecule has 0 aromatic heterocycles. The molecule has 0 heterocycles. The van der Waals surface area contributed by atoms with Crippen molar-refractivity contribution in [3.05, 3.63) is 39.3 Å². The van der Waals surface area contributed by atoms with E-state index in [-0.39, 0.29) is 0 Å². The number of aliphatic hydroxyl groups excluding tert-OH is 1. The van der Waals surface area contributed by atoms with Gasteiger partial charge in [-0.05, 0) is 61.0 Å². The van der Waals surface area contributed by atoms with Crippen molar-refractivity contribution in [2.24, 2.45) is 5.11 Å². The summed E-state index contributed by atoms with van der Waals surface area (Å²) in [6, 6.07) is 3.83. The maximum Gasteiger partial charge on any atom is 0.119 e. The largest absolute Gasteiger partial charge is 0.497 e. The lowest BCUT2D eigenvalue weighted by Gasteiger charge is -2.17. The highest BCUT2D eigenvalue weighted by molar-refractivity contribution is 5.42. The van der Waals surface area contributed by atoms with E-state index in [1.54, 1.807) is 7.11 Å². The second kappa shape index (κ2) is 6.89. The Morgan fingerprint density at radius 1 is 1.39 bits per heavy atom. The molecule has 1 aromatic carbocycles. The number of hydrogen-bond donors (Lipinski definition) is 1. The van der Waals surface area contributed by atoms with Crippen molar-refractivity contribution in [1.29, 1.82) is 0 Å². The van der Waals surface area contributed by atoms with Crippen LogP contribution in [0.4, 0.5) is 0 Å². The molecule has 98 valence electrons. The number of ether oxygens (including phenoxy) is 1. The van der Waals surface area contributed by atoms with Crippen molar-refractivity contribution in [2.45, 2.75) is 32.8 Å². The van der Waals surface area contributed by atoms with Gasteiger partial charge in [0, 0.05) is 11.5 Å². The first-order chi connectivity index (χ1) is 8.60. The molecule has 0 amide bonds. The molecule has 0 aliphatic carbocycles. The van der Waals surface area contributed by atoms with E-state index in [2.05, 4.69) is 10.0 Å². The number of azide groups is 1. The van der Waals surface area contributed by atoms with Crippen LogP contribution in [0.15, 0.2) is 17.2 Å². The molecule has 0 saturated heterocycles. The van der Waals surface area contributed by atoms with Crippen LogP contribution in [-0.4, -0.2) is 18.8 Å². The zero-order chi connectivity index (χ0) is 13.5. The molecule has 5 heteroatoms. The second-order valence-electron chi connectivity index (χ2n) is 4.29. The number of hydrogen-bond acceptors (Lipinski definition) is 3. The van der Waals surface area contributed by atoms with Gasteiger partial charge in [-0.1, -0.05) is 5.11 Å². The fourth-order valence-electron chi connectivity index (χ4n) is 2.12. The second-order valence-corrected chi connectivity index (χ2v) is 4.29. The highest BCUT2D eigenvalue weighted by Crippen LogP contribution is 2.29. The third kappa shape index (κ3) is 3.65. The van der Waals surface area contributed by atoms with Crippen LogP contribution in [0, 0.1) is 13.8 Å². The Labute approximate surface area is 107 Å². The third-order valence-electron chi connectivity index (χ3n) is 2.94. The van der Waals surface area contributed by atoms with Gasteiger partial charge in [0.2, 0.25) is 0 Å². The van der Waals surface area contributed by atoms with Crippen LogP contribution in [0.5, 0.6) is 5.75 Å². The average molecular weight is 249 g/mol. The molecule has 5 nitrogen and oxygen atoms in total. The predicted octanol–water partition coefficient (Wildman–Crippen LogP) is 3.44. The van der Waals surface area contributed by atoms with Crippen molar-refractivity contribution in [1.82, 2.24) is 0 Å². The first-order valence-corrected chi connectivity index (χ1v) is 5.94. The quantitative estimate of drug-likeness (QED) is 0.363. The maximum absolute atomic E-state index is 10.2. The summed E-state index contributed by atoms with van der Waals surface area (Å²) >= 11 is 0. The summed E-state index contributed by atoms with van der Waals surface area (Å²) < 4.78 is 5.19. The first kappa shape index (κ1) is 14.4. The molecule has 0 bridgehead atoms. The van der Waals surface area contributed by atoms with Gasteiger partial charge in [-0.15, -0.1) is 0 Å². The Kier molecular flexibility index (Phi) is 5.49. The van der Waals surface area contributed by atoms with Gasteiger partial charge in [-0.25, -0.2) is 0 Å². The van der Waals surface area contributed by atoms with Gasteiger partial charge in [0.25, 0.3) is 0 Å². The van der Waals surface area contributed by atoms with Gasteiger partial charge in [-0.2, -0.15) is 0 Å². The Bertz CT molecular complexity index is 431. The number of aryl methyl sites for hydroxylation is 2. The van der Waals surface area contributed by atoms with Gasteiger partial charge in [0.15, 0.2) is 0 Å². The minimum absolute atomic E-state index is 0.418. The summed E-state index contributed by atoms with van der Waals surface area (Å²) in [7, 11) is 1.63. The molecule has 1 unspecified atom stereocenters. The van der Waals surface area contributed by atoms with E-state index in [0.29, 0.717) is 19.4 Å². The molecule has 0 spiro atoms. The van der Waals surface area contributed by atoms with Crippen LogP contribution < -0.4 is 4.74 Å². The van der Waals surface area contributed by atoms with E-state index in [4.69, 9.17) is 10.3 Å². The minimum atomic E-state index is -0.523. The monoisotopic (exact) mass is 249 g/mol. The predicted molar refractivity (Wildman–Crippen MR) is 70.7 cm³/mol. The molecule has 0 aliphatic heterocycles. The fraction of sp³-hybridized carbons (Fsp3) is 0.538. The lowest BCUT2D eigenvalue weighted by molar-refractivity contribution is 0.164. The minimum Gasteiger partial charge on any atom is -0.497 e. The van der Waals surface area contributed by atoms with Crippen LogP contribution >= 0.6 is 0 Å². The van der Waals surface area contributed by atoms with Crippen molar-refractivity contribution < 1.29 is 9.84 Å². The lowest BCUT2D eigenvalue weighted by atomic mass is 9.95. The molecule has 1 rings (SSSR count). The van der Waals surface area contributed by atoms with Gasteiger partial charge >= 0.3 is 0 Å². The third-order valence-corrected chi connectivity index (χ3v) is 2.94. The van der Waals surface area contributed by atoms with Crippen LogP contribution in [0.3, 0.4) is 0 Å². The number of rotatable bonds is 6. The molecule has 1 N–H and O–H groups in total.